The van der Waals surface area contributed by atoms with Crippen LogP contribution < -0.4 is 5.32 Å². The molecule has 0 aliphatic rings. The zero-order chi connectivity index (χ0) is 13.8. The number of nitrogens with one attached hydrogen (secondary N) is 1. The highest BCUT2D eigenvalue weighted by molar-refractivity contribution is 5.94. The van der Waals surface area contributed by atoms with Gasteiger partial charge >= 0.3 is 0 Å². The van der Waals surface area contributed by atoms with Gasteiger partial charge < -0.3 is 10.4 Å². The van der Waals surface area contributed by atoms with E-state index in [1.165, 1.54) is 0 Å². The maximum atomic E-state index is 11.9. The lowest BCUT2D eigenvalue weighted by Gasteiger charge is -2.33. The summed E-state index contributed by atoms with van der Waals surface area (Å²) in [6.07, 6.45) is -0.437. The van der Waals surface area contributed by atoms with Gasteiger partial charge in [0.15, 0.2) is 0 Å². The Labute approximate surface area is 109 Å². The van der Waals surface area contributed by atoms with Crippen LogP contribution in [0.15, 0.2) is 30.3 Å². The number of benzene rings is 1. The van der Waals surface area contributed by atoms with Crippen molar-refractivity contribution < 1.29 is 9.90 Å². The number of hydrogen-bond donors (Lipinski definition) is 2. The fourth-order valence-electron chi connectivity index (χ4n) is 2.01. The molecule has 3 heteroatoms. The maximum Gasteiger partial charge on any atom is 0.251 e. The Hall–Kier alpha value is -1.35. The van der Waals surface area contributed by atoms with Crippen molar-refractivity contribution in [1.29, 1.82) is 0 Å². The highest BCUT2D eigenvalue weighted by Crippen LogP contribution is 2.25. The summed E-state index contributed by atoms with van der Waals surface area (Å²) in [4.78, 5) is 11.9. The molecule has 3 nitrogen and oxygen atoms in total. The van der Waals surface area contributed by atoms with Crippen molar-refractivity contribution in [2.75, 3.05) is 6.54 Å². The minimum atomic E-state index is -0.437. The summed E-state index contributed by atoms with van der Waals surface area (Å²) in [6.45, 7) is 8.34. The van der Waals surface area contributed by atoms with Crippen molar-refractivity contribution >= 4 is 5.91 Å². The minimum Gasteiger partial charge on any atom is -0.392 e. The third-order valence-corrected chi connectivity index (χ3v) is 3.17. The number of aliphatic hydroxyl groups is 1. The molecule has 0 bridgehead atoms. The molecule has 0 saturated heterocycles. The molecule has 0 aromatic heterocycles. The van der Waals surface area contributed by atoms with E-state index in [0.29, 0.717) is 12.1 Å². The van der Waals surface area contributed by atoms with Gasteiger partial charge in [-0.1, -0.05) is 45.9 Å². The molecular weight excluding hydrogens is 226 g/mol. The minimum absolute atomic E-state index is 0.0976. The van der Waals surface area contributed by atoms with E-state index in [0.717, 1.165) is 0 Å². The number of rotatable bonds is 5. The molecule has 0 aliphatic heterocycles. The predicted molar refractivity (Wildman–Crippen MR) is 73.4 cm³/mol. The first kappa shape index (κ1) is 14.7. The Morgan fingerprint density at radius 3 is 2.33 bits per heavy atom. The summed E-state index contributed by atoms with van der Waals surface area (Å²) < 4.78 is 0. The van der Waals surface area contributed by atoms with Gasteiger partial charge in [-0.3, -0.25) is 4.79 Å². The highest BCUT2D eigenvalue weighted by atomic mass is 16.3. The highest BCUT2D eigenvalue weighted by Gasteiger charge is 2.30. The van der Waals surface area contributed by atoms with E-state index < -0.39 is 6.10 Å². The van der Waals surface area contributed by atoms with Gasteiger partial charge in [0.25, 0.3) is 5.91 Å². The van der Waals surface area contributed by atoms with E-state index in [2.05, 4.69) is 5.32 Å². The van der Waals surface area contributed by atoms with E-state index >= 15 is 0 Å². The van der Waals surface area contributed by atoms with Gasteiger partial charge in [-0.25, -0.2) is 0 Å². The molecule has 1 rings (SSSR count). The lowest BCUT2D eigenvalue weighted by atomic mass is 9.80. The van der Waals surface area contributed by atoms with Crippen LogP contribution in [0.2, 0.25) is 0 Å². The number of amides is 1. The van der Waals surface area contributed by atoms with Gasteiger partial charge in [-0.15, -0.1) is 0 Å². The number of aliphatic hydroxyl groups excluding tert-OH is 1. The molecule has 0 spiro atoms. The zero-order valence-electron chi connectivity index (χ0n) is 11.6. The smallest absolute Gasteiger partial charge is 0.251 e. The lowest BCUT2D eigenvalue weighted by Crippen LogP contribution is -2.43. The Morgan fingerprint density at radius 1 is 1.28 bits per heavy atom. The normalized spacial score (nSPS) is 13.4. The quantitative estimate of drug-likeness (QED) is 0.842. The SMILES string of the molecule is CC(C)C(O)C(C)(C)CNC(=O)c1ccccc1. The van der Waals surface area contributed by atoms with Crippen LogP contribution in [0.1, 0.15) is 38.1 Å². The molecule has 100 valence electrons. The molecule has 1 amide bonds. The second-order valence-corrected chi connectivity index (χ2v) is 5.73. The number of carbonyl (C=O) groups is 1. The molecule has 1 aromatic rings. The molecule has 1 unspecified atom stereocenters. The molecule has 0 fully saturated rings. The monoisotopic (exact) mass is 249 g/mol. The van der Waals surface area contributed by atoms with Crippen molar-refractivity contribution in [2.24, 2.45) is 11.3 Å². The zero-order valence-corrected chi connectivity index (χ0v) is 11.6. The maximum absolute atomic E-state index is 11.9. The summed E-state index contributed by atoms with van der Waals surface area (Å²) in [5.74, 6) is 0.0771. The van der Waals surface area contributed by atoms with Gasteiger partial charge in [-0.05, 0) is 18.1 Å². The van der Waals surface area contributed by atoms with Gasteiger partial charge in [0.1, 0.15) is 0 Å². The number of hydrogen-bond acceptors (Lipinski definition) is 2. The summed E-state index contributed by atoms with van der Waals surface area (Å²) in [6, 6.07) is 9.11. The summed E-state index contributed by atoms with van der Waals surface area (Å²) >= 11 is 0. The van der Waals surface area contributed by atoms with E-state index in [1.54, 1.807) is 12.1 Å². The second kappa shape index (κ2) is 6.01. The Balaban J connectivity index is 2.58. The molecule has 1 aromatic carbocycles. The van der Waals surface area contributed by atoms with E-state index in [-0.39, 0.29) is 17.2 Å². The fraction of sp³-hybridized carbons (Fsp3) is 0.533. The fourth-order valence-corrected chi connectivity index (χ4v) is 2.01. The molecule has 18 heavy (non-hydrogen) atoms. The number of carbonyl (C=O) groups excluding carboxylic acids is 1. The third-order valence-electron chi connectivity index (χ3n) is 3.17. The summed E-state index contributed by atoms with van der Waals surface area (Å²) in [5, 5.41) is 13.0. The Kier molecular flexibility index (Phi) is 4.91. The van der Waals surface area contributed by atoms with Gasteiger partial charge in [-0.2, -0.15) is 0 Å². The third kappa shape index (κ3) is 3.84. The summed E-state index contributed by atoms with van der Waals surface area (Å²) in [5.41, 5.74) is 0.311. The van der Waals surface area contributed by atoms with E-state index in [1.807, 2.05) is 45.9 Å². The van der Waals surface area contributed by atoms with Crippen LogP contribution in [0.4, 0.5) is 0 Å². The molecule has 0 saturated carbocycles. The standard InChI is InChI=1S/C15H23NO2/c1-11(2)13(17)15(3,4)10-16-14(18)12-8-6-5-7-9-12/h5-9,11,13,17H,10H2,1-4H3,(H,16,18). The van der Waals surface area contributed by atoms with Crippen LogP contribution in [0, 0.1) is 11.3 Å². The Morgan fingerprint density at radius 2 is 1.83 bits per heavy atom. The van der Waals surface area contributed by atoms with Gasteiger partial charge in [0.2, 0.25) is 0 Å². The molecule has 0 aliphatic carbocycles. The van der Waals surface area contributed by atoms with Crippen molar-refractivity contribution in [1.82, 2.24) is 5.32 Å². The first-order valence-corrected chi connectivity index (χ1v) is 6.36. The van der Waals surface area contributed by atoms with Crippen molar-refractivity contribution in [3.05, 3.63) is 35.9 Å². The molecule has 1 atom stereocenters. The van der Waals surface area contributed by atoms with Crippen LogP contribution in [-0.4, -0.2) is 23.7 Å². The second-order valence-electron chi connectivity index (χ2n) is 5.73. The largest absolute Gasteiger partial charge is 0.392 e. The average molecular weight is 249 g/mol. The molecule has 0 radical (unpaired) electrons. The van der Waals surface area contributed by atoms with Crippen LogP contribution in [0.5, 0.6) is 0 Å². The first-order chi connectivity index (χ1) is 8.34. The summed E-state index contributed by atoms with van der Waals surface area (Å²) in [7, 11) is 0. The van der Waals surface area contributed by atoms with Crippen molar-refractivity contribution in [3.63, 3.8) is 0 Å². The predicted octanol–water partition coefficient (Wildman–Crippen LogP) is 2.46. The van der Waals surface area contributed by atoms with Crippen molar-refractivity contribution in [3.8, 4) is 0 Å². The Bertz CT molecular complexity index is 385. The molecular formula is C15H23NO2. The van der Waals surface area contributed by atoms with Gasteiger partial charge in [0, 0.05) is 17.5 Å². The van der Waals surface area contributed by atoms with Crippen LogP contribution in [-0.2, 0) is 0 Å². The molecule has 2 N–H and O–H groups in total. The van der Waals surface area contributed by atoms with E-state index in [4.69, 9.17) is 0 Å². The van der Waals surface area contributed by atoms with Crippen molar-refractivity contribution in [2.45, 2.75) is 33.8 Å². The first-order valence-electron chi connectivity index (χ1n) is 6.36. The topological polar surface area (TPSA) is 49.3 Å². The van der Waals surface area contributed by atoms with E-state index in [9.17, 15) is 9.90 Å². The van der Waals surface area contributed by atoms with Gasteiger partial charge in [0.05, 0.1) is 6.10 Å². The van der Waals surface area contributed by atoms with Crippen LogP contribution in [0.25, 0.3) is 0 Å². The van der Waals surface area contributed by atoms with Crippen LogP contribution >= 0.6 is 0 Å². The lowest BCUT2D eigenvalue weighted by molar-refractivity contribution is 0.0138. The average Bonchev–Trinajstić information content (AvgIpc) is 2.36. The molecule has 0 heterocycles. The van der Waals surface area contributed by atoms with Crippen LogP contribution in [0.3, 0.4) is 0 Å².